The van der Waals surface area contributed by atoms with E-state index in [1.165, 1.54) is 39.3 Å². The molecule has 0 aliphatic carbocycles. The summed E-state index contributed by atoms with van der Waals surface area (Å²) in [5.41, 5.74) is 0. The van der Waals surface area contributed by atoms with E-state index in [4.69, 9.17) is 0 Å². The van der Waals surface area contributed by atoms with Crippen molar-refractivity contribution in [1.29, 1.82) is 0 Å². The summed E-state index contributed by atoms with van der Waals surface area (Å²) in [6.45, 7) is 0. The molecule has 0 saturated heterocycles. The molecule has 0 spiro atoms. The third kappa shape index (κ3) is 1.50. The maximum absolute atomic E-state index is 3.71. The largest absolute Gasteiger partial charge is 0.0837 e. The molecule has 0 nitrogen and oxygen atoms in total. The van der Waals surface area contributed by atoms with Crippen molar-refractivity contribution in [3.05, 3.63) is 49.7 Å². The minimum atomic E-state index is -0.0150. The van der Waals surface area contributed by atoms with Crippen LogP contribution in [-0.2, 0) is 0 Å². The summed E-state index contributed by atoms with van der Waals surface area (Å²) in [5.74, 6) is 0. The molecule has 3 heteroatoms. The molecule has 0 unspecified atom stereocenters. The molecule has 88 valence electrons. The Morgan fingerprint density at radius 3 is 2.56 bits per heavy atom. The van der Waals surface area contributed by atoms with Crippen molar-refractivity contribution in [3.8, 4) is 0 Å². The predicted octanol–water partition coefficient (Wildman–Crippen LogP) is 4.93. The molecule has 3 aromatic rings. The van der Waals surface area contributed by atoms with Gasteiger partial charge in [-0.05, 0) is 53.5 Å². The molecule has 0 aromatic heterocycles. The van der Waals surface area contributed by atoms with Gasteiger partial charge in [-0.2, -0.15) is 0 Å². The molecule has 0 N–H and O–H groups in total. The second-order valence-electron chi connectivity index (χ2n) is 4.29. The van der Waals surface area contributed by atoms with Gasteiger partial charge in [0.15, 0.2) is 0 Å². The fraction of sp³-hybridized carbons (Fsp3) is 0. The van der Waals surface area contributed by atoms with Gasteiger partial charge in [0, 0.05) is 17.9 Å². The number of hydrogen-bond donors (Lipinski definition) is 0. The summed E-state index contributed by atoms with van der Waals surface area (Å²) in [6.07, 6.45) is 0. The highest BCUT2D eigenvalue weighted by atomic mass is 127. The summed E-state index contributed by atoms with van der Waals surface area (Å²) in [4.78, 5) is 0. The minimum Gasteiger partial charge on any atom is -0.0837 e. The van der Waals surface area contributed by atoms with E-state index in [0.717, 1.165) is 0 Å². The van der Waals surface area contributed by atoms with Crippen LogP contribution in [0.3, 0.4) is 0 Å². The van der Waals surface area contributed by atoms with Crippen LogP contribution in [0.1, 0.15) is 0 Å². The second-order valence-corrected chi connectivity index (χ2v) is 8.41. The van der Waals surface area contributed by atoms with Gasteiger partial charge < -0.3 is 0 Å². The third-order valence-electron chi connectivity index (χ3n) is 3.33. The normalized spacial score (nSPS) is 14.2. The Balaban J connectivity index is 2.45. The fourth-order valence-corrected chi connectivity index (χ4v) is 6.10. The van der Waals surface area contributed by atoms with E-state index >= 15 is 0 Å². The van der Waals surface area contributed by atoms with Crippen LogP contribution < -0.4 is 5.22 Å². The predicted molar refractivity (Wildman–Crippen MR) is 95.5 cm³/mol. The van der Waals surface area contributed by atoms with Crippen LogP contribution in [0, 0.1) is 3.57 Å². The number of halogens is 3. The average Bonchev–Trinajstić information content (AvgIpc) is 2.40. The zero-order valence-corrected chi connectivity index (χ0v) is 14.5. The van der Waals surface area contributed by atoms with E-state index < -0.39 is 0 Å². The van der Waals surface area contributed by atoms with Crippen molar-refractivity contribution in [1.82, 2.24) is 0 Å². The summed E-state index contributed by atoms with van der Waals surface area (Å²) < 4.78 is 6.33. The van der Waals surface area contributed by atoms with Crippen LogP contribution in [0.5, 0.6) is 0 Å². The average molecular weight is 474 g/mol. The molecule has 18 heavy (non-hydrogen) atoms. The molecule has 1 heterocycles. The molecule has 1 aliphatic heterocycles. The highest BCUT2D eigenvalue weighted by molar-refractivity contribution is 14.2. The van der Waals surface area contributed by atoms with Gasteiger partial charge in [0.2, 0.25) is 0 Å². The van der Waals surface area contributed by atoms with E-state index in [-0.39, 0.29) is 20.7 Å². The standard InChI is InChI=1S/C15H7Br2I/c16-11-5-2-8-1-3-10-12(17)7-18-13-6-4-9(11)14(8)15(10)13/h1-7H. The number of hydrogen-bond acceptors (Lipinski definition) is 0. The molecule has 0 amide bonds. The van der Waals surface area contributed by atoms with Crippen molar-refractivity contribution >= 4 is 82.6 Å². The van der Waals surface area contributed by atoms with Crippen molar-refractivity contribution in [3.63, 3.8) is 0 Å². The molecule has 4 rings (SSSR count). The summed E-state index contributed by atoms with van der Waals surface area (Å²) in [7, 11) is 0. The van der Waals surface area contributed by atoms with Crippen LogP contribution in [0.4, 0.5) is 0 Å². The molecule has 0 bridgehead atoms. The molecular formula is C15H7Br2I. The first-order chi connectivity index (χ1) is 8.75. The zero-order valence-electron chi connectivity index (χ0n) is 9.18. The van der Waals surface area contributed by atoms with Gasteiger partial charge in [-0.25, -0.2) is 0 Å². The Hall–Kier alpha value is -0.260. The van der Waals surface area contributed by atoms with E-state index in [2.05, 4.69) is 72.3 Å². The van der Waals surface area contributed by atoms with Crippen LogP contribution in [-0.4, -0.2) is 4.01 Å². The third-order valence-corrected chi connectivity index (χ3v) is 8.04. The lowest BCUT2D eigenvalue weighted by Crippen LogP contribution is -2.09. The molecular weight excluding hydrogens is 467 g/mol. The Kier molecular flexibility index (Phi) is 2.64. The van der Waals surface area contributed by atoms with Gasteiger partial charge in [-0.3, -0.25) is 0 Å². The number of benzene rings is 3. The Labute approximate surface area is 131 Å². The van der Waals surface area contributed by atoms with Gasteiger partial charge in [-0.15, -0.1) is 0 Å². The Bertz CT molecular complexity index is 894. The lowest BCUT2D eigenvalue weighted by molar-refractivity contribution is 1.66. The van der Waals surface area contributed by atoms with Crippen LogP contribution in [0.2, 0.25) is 0 Å². The first-order valence-electron chi connectivity index (χ1n) is 5.56. The van der Waals surface area contributed by atoms with Gasteiger partial charge in [0.05, 0.1) is 0 Å². The molecule has 1 aliphatic rings. The van der Waals surface area contributed by atoms with Crippen LogP contribution in [0.15, 0.2) is 40.9 Å². The van der Waals surface area contributed by atoms with E-state index in [1.807, 2.05) is 0 Å². The zero-order chi connectivity index (χ0) is 12.3. The highest BCUT2D eigenvalue weighted by Crippen LogP contribution is 2.35. The summed E-state index contributed by atoms with van der Waals surface area (Å²) in [5, 5.41) is 6.85. The maximum atomic E-state index is 3.71. The molecule has 3 aromatic carbocycles. The van der Waals surface area contributed by atoms with Crippen molar-refractivity contribution in [2.45, 2.75) is 0 Å². The monoisotopic (exact) mass is 472 g/mol. The Morgan fingerprint density at radius 1 is 0.833 bits per heavy atom. The second kappa shape index (κ2) is 4.12. The first kappa shape index (κ1) is 11.6. The smallest absolute Gasteiger partial charge is 0.0311 e. The SMILES string of the molecule is BrC1=c2ccc3ccc(Br)c4ccc(c2c34)I=C1. The topological polar surface area (TPSA) is 0 Å². The number of rotatable bonds is 0. The van der Waals surface area contributed by atoms with E-state index in [9.17, 15) is 0 Å². The van der Waals surface area contributed by atoms with Crippen LogP contribution in [0.25, 0.3) is 26.0 Å². The van der Waals surface area contributed by atoms with Crippen molar-refractivity contribution in [2.75, 3.05) is 0 Å². The first-order valence-corrected chi connectivity index (χ1v) is 9.47. The minimum absolute atomic E-state index is 0.0150. The lowest BCUT2D eigenvalue weighted by Gasteiger charge is -2.13. The van der Waals surface area contributed by atoms with Gasteiger partial charge >= 0.3 is 0 Å². The summed E-state index contributed by atoms with van der Waals surface area (Å²) >= 11 is 7.36. The van der Waals surface area contributed by atoms with Gasteiger partial charge in [0.1, 0.15) is 0 Å². The van der Waals surface area contributed by atoms with Gasteiger partial charge in [-0.1, -0.05) is 60.9 Å². The Morgan fingerprint density at radius 2 is 1.67 bits per heavy atom. The fourth-order valence-electron chi connectivity index (χ4n) is 2.53. The molecule has 0 fully saturated rings. The van der Waals surface area contributed by atoms with Gasteiger partial charge in [0.25, 0.3) is 0 Å². The van der Waals surface area contributed by atoms with Crippen molar-refractivity contribution in [2.24, 2.45) is 0 Å². The van der Waals surface area contributed by atoms with Crippen LogP contribution >= 0.6 is 52.6 Å². The van der Waals surface area contributed by atoms with E-state index in [1.54, 1.807) is 0 Å². The maximum Gasteiger partial charge on any atom is 0.0311 e. The molecule has 0 radical (unpaired) electrons. The van der Waals surface area contributed by atoms with Crippen molar-refractivity contribution < 1.29 is 0 Å². The molecule has 0 atom stereocenters. The molecule has 0 saturated carbocycles. The van der Waals surface area contributed by atoms with E-state index in [0.29, 0.717) is 0 Å². The highest BCUT2D eigenvalue weighted by Gasteiger charge is 2.12. The summed E-state index contributed by atoms with van der Waals surface area (Å²) in [6, 6.07) is 13.4. The lowest BCUT2D eigenvalue weighted by atomic mass is 9.99. The quantitative estimate of drug-likeness (QED) is 0.406.